The maximum absolute atomic E-state index is 12.6. The quantitative estimate of drug-likeness (QED) is 0.674. The number of allylic oxidation sites excluding steroid dienone is 3. The Morgan fingerprint density at radius 2 is 2.04 bits per heavy atom. The zero-order valence-corrected chi connectivity index (χ0v) is 15.8. The summed E-state index contributed by atoms with van der Waals surface area (Å²) in [6.45, 7) is 2.27. The highest BCUT2D eigenvalue weighted by molar-refractivity contribution is 6.03. The molecule has 3 aliphatic carbocycles. The van der Waals surface area contributed by atoms with Crippen molar-refractivity contribution in [1.82, 2.24) is 0 Å². The summed E-state index contributed by atoms with van der Waals surface area (Å²) in [5.74, 6) is -1.46. The Labute approximate surface area is 163 Å². The number of Topliss-reactive ketones (excluding diaryl/α,β-unsaturated/α-hetero) is 1. The Morgan fingerprint density at radius 3 is 2.68 bits per heavy atom. The van der Waals surface area contributed by atoms with Crippen molar-refractivity contribution >= 4 is 11.8 Å². The van der Waals surface area contributed by atoms with Crippen LogP contribution in [-0.2, 0) is 23.8 Å². The molecule has 0 bridgehead atoms. The number of hydrogen-bond acceptors (Lipinski definition) is 7. The number of nitriles is 2. The minimum atomic E-state index is -1.23. The van der Waals surface area contributed by atoms with E-state index in [9.17, 15) is 20.1 Å². The summed E-state index contributed by atoms with van der Waals surface area (Å²) in [6, 6.07) is 4.54. The monoisotopic (exact) mass is 382 g/mol. The molecular formula is C21H22N2O5. The number of nitrogens with zero attached hydrogens (tertiary/aromatic N) is 2. The molecule has 28 heavy (non-hydrogen) atoms. The number of carbonyl (C=O) groups excluding carboxylic acids is 2. The van der Waals surface area contributed by atoms with Crippen LogP contribution in [0.15, 0.2) is 22.8 Å². The summed E-state index contributed by atoms with van der Waals surface area (Å²) < 4.78 is 16.8. The fourth-order valence-electron chi connectivity index (χ4n) is 5.15. The van der Waals surface area contributed by atoms with Gasteiger partial charge in [-0.3, -0.25) is 9.59 Å². The van der Waals surface area contributed by atoms with Crippen LogP contribution in [0.1, 0.15) is 39.0 Å². The molecule has 7 nitrogen and oxygen atoms in total. The van der Waals surface area contributed by atoms with Gasteiger partial charge in [-0.05, 0) is 29.4 Å². The molecule has 0 amide bonds. The molecule has 4 rings (SSSR count). The summed E-state index contributed by atoms with van der Waals surface area (Å²) in [5.41, 5.74) is 0.735. The zero-order chi connectivity index (χ0) is 19.9. The van der Waals surface area contributed by atoms with Crippen LogP contribution < -0.4 is 0 Å². The normalized spacial score (nSPS) is 30.0. The number of hydrogen-bond donors (Lipinski definition) is 0. The standard InChI is InChI=1S/C21H22N2O5/c1-13(24)26-10-17-16-9-20(11-22,12-23)18-2-3-21(27-4-5-28-21)8-15(18)6-14(16)7-19(17)25/h6,15,18H,2-5,7-10H2,1H3. The molecule has 0 N–H and O–H groups in total. The molecule has 2 atom stereocenters. The van der Waals surface area contributed by atoms with Gasteiger partial charge in [0.1, 0.15) is 6.61 Å². The van der Waals surface area contributed by atoms with Crippen molar-refractivity contribution < 1.29 is 23.8 Å². The number of ether oxygens (including phenoxy) is 3. The number of rotatable bonds is 2. The lowest BCUT2D eigenvalue weighted by Crippen LogP contribution is -2.44. The Balaban J connectivity index is 1.76. The van der Waals surface area contributed by atoms with Crippen molar-refractivity contribution in [1.29, 1.82) is 10.5 Å². The highest BCUT2D eigenvalue weighted by Gasteiger charge is 2.54. The Kier molecular flexibility index (Phi) is 4.61. The van der Waals surface area contributed by atoms with E-state index >= 15 is 0 Å². The lowest BCUT2D eigenvalue weighted by Gasteiger charge is -2.43. The van der Waals surface area contributed by atoms with Crippen LogP contribution in [-0.4, -0.2) is 37.4 Å². The first-order valence-corrected chi connectivity index (χ1v) is 9.62. The first-order chi connectivity index (χ1) is 13.4. The molecule has 146 valence electrons. The molecule has 2 unspecified atom stereocenters. The Morgan fingerprint density at radius 1 is 1.32 bits per heavy atom. The third-order valence-electron chi connectivity index (χ3n) is 6.48. The molecule has 4 aliphatic rings. The first kappa shape index (κ1) is 18.9. The van der Waals surface area contributed by atoms with Gasteiger partial charge in [0.2, 0.25) is 0 Å². The van der Waals surface area contributed by atoms with Crippen molar-refractivity contribution in [2.45, 2.75) is 44.8 Å². The van der Waals surface area contributed by atoms with Gasteiger partial charge in [-0.15, -0.1) is 0 Å². The molecule has 1 spiro atoms. The van der Waals surface area contributed by atoms with Crippen LogP contribution in [0, 0.1) is 39.9 Å². The van der Waals surface area contributed by atoms with E-state index in [-0.39, 0.29) is 37.1 Å². The summed E-state index contributed by atoms with van der Waals surface area (Å²) in [5, 5.41) is 20.0. The Bertz CT molecular complexity index is 852. The predicted octanol–water partition coefficient (Wildman–Crippen LogP) is 2.34. The van der Waals surface area contributed by atoms with Gasteiger partial charge in [0, 0.05) is 38.2 Å². The molecule has 2 fully saturated rings. The van der Waals surface area contributed by atoms with E-state index in [4.69, 9.17) is 14.2 Å². The van der Waals surface area contributed by atoms with Crippen molar-refractivity contribution in [2.75, 3.05) is 19.8 Å². The maximum atomic E-state index is 12.6. The number of fused-ring (bicyclic) bond motifs is 2. The van der Waals surface area contributed by atoms with Crippen LogP contribution in [0.3, 0.4) is 0 Å². The van der Waals surface area contributed by atoms with Crippen LogP contribution >= 0.6 is 0 Å². The summed E-state index contributed by atoms with van der Waals surface area (Å²) >= 11 is 0. The summed E-state index contributed by atoms with van der Waals surface area (Å²) in [7, 11) is 0. The predicted molar refractivity (Wildman–Crippen MR) is 95.1 cm³/mol. The lowest BCUT2D eigenvalue weighted by atomic mass is 9.62. The molecule has 1 aliphatic heterocycles. The van der Waals surface area contributed by atoms with Gasteiger partial charge in [-0.1, -0.05) is 6.08 Å². The van der Waals surface area contributed by atoms with Gasteiger partial charge >= 0.3 is 5.97 Å². The molecule has 0 aromatic rings. The molecule has 1 heterocycles. The highest BCUT2D eigenvalue weighted by atomic mass is 16.7. The van der Waals surface area contributed by atoms with E-state index in [0.717, 1.165) is 5.57 Å². The molecule has 0 aromatic carbocycles. The molecule has 1 saturated heterocycles. The number of carbonyl (C=O) groups is 2. The minimum Gasteiger partial charge on any atom is -0.461 e. The second-order valence-corrected chi connectivity index (χ2v) is 8.02. The average Bonchev–Trinajstić information content (AvgIpc) is 3.19. The van der Waals surface area contributed by atoms with Crippen molar-refractivity contribution in [3.8, 4) is 12.1 Å². The molecule has 7 heteroatoms. The molecular weight excluding hydrogens is 360 g/mol. The largest absolute Gasteiger partial charge is 0.461 e. The van der Waals surface area contributed by atoms with Crippen LogP contribution in [0.25, 0.3) is 0 Å². The van der Waals surface area contributed by atoms with Gasteiger partial charge < -0.3 is 14.2 Å². The second kappa shape index (κ2) is 6.84. The highest BCUT2D eigenvalue weighted by Crippen LogP contribution is 2.55. The zero-order valence-electron chi connectivity index (χ0n) is 15.8. The van der Waals surface area contributed by atoms with Crippen LogP contribution in [0.5, 0.6) is 0 Å². The van der Waals surface area contributed by atoms with Crippen molar-refractivity contribution in [3.63, 3.8) is 0 Å². The van der Waals surface area contributed by atoms with E-state index in [2.05, 4.69) is 12.1 Å². The summed E-state index contributed by atoms with van der Waals surface area (Å²) in [6.07, 6.45) is 4.33. The third kappa shape index (κ3) is 2.96. The second-order valence-electron chi connectivity index (χ2n) is 8.02. The van der Waals surface area contributed by atoms with Gasteiger partial charge in [0.15, 0.2) is 17.0 Å². The van der Waals surface area contributed by atoms with E-state index in [0.29, 0.717) is 43.6 Å². The van der Waals surface area contributed by atoms with Crippen LogP contribution in [0.2, 0.25) is 0 Å². The molecule has 1 saturated carbocycles. The fraction of sp³-hybridized carbons (Fsp3) is 0.619. The van der Waals surface area contributed by atoms with Gasteiger partial charge in [-0.25, -0.2) is 0 Å². The van der Waals surface area contributed by atoms with E-state index in [1.807, 2.05) is 6.08 Å². The average molecular weight is 382 g/mol. The smallest absolute Gasteiger partial charge is 0.302 e. The number of esters is 1. The van der Waals surface area contributed by atoms with E-state index in [1.165, 1.54) is 6.92 Å². The van der Waals surface area contributed by atoms with Gasteiger partial charge in [0.25, 0.3) is 0 Å². The topological polar surface area (TPSA) is 109 Å². The lowest BCUT2D eigenvalue weighted by molar-refractivity contribution is -0.194. The van der Waals surface area contributed by atoms with Crippen molar-refractivity contribution in [3.05, 3.63) is 22.8 Å². The SMILES string of the molecule is CC(=O)OCC1=C2CC(C#N)(C#N)C3CCC4(CC3C=C2CC1=O)OCCO4. The molecule has 0 aromatic heterocycles. The molecule has 0 radical (unpaired) electrons. The van der Waals surface area contributed by atoms with Gasteiger partial charge in [0.05, 0.1) is 25.4 Å². The minimum absolute atomic E-state index is 0.0838. The third-order valence-corrected chi connectivity index (χ3v) is 6.48. The van der Waals surface area contributed by atoms with E-state index in [1.54, 1.807) is 0 Å². The van der Waals surface area contributed by atoms with Crippen molar-refractivity contribution in [2.24, 2.45) is 17.3 Å². The van der Waals surface area contributed by atoms with Gasteiger partial charge in [-0.2, -0.15) is 10.5 Å². The Hall–Kier alpha value is -2.48. The summed E-state index contributed by atoms with van der Waals surface area (Å²) in [4.78, 5) is 23.8. The van der Waals surface area contributed by atoms with Crippen LogP contribution in [0.4, 0.5) is 0 Å². The maximum Gasteiger partial charge on any atom is 0.302 e. The fourth-order valence-corrected chi connectivity index (χ4v) is 5.15. The van der Waals surface area contributed by atoms with E-state index < -0.39 is 17.2 Å². The number of ketones is 1. The first-order valence-electron chi connectivity index (χ1n) is 9.62.